The van der Waals surface area contributed by atoms with Gasteiger partial charge in [0.05, 0.1) is 29.1 Å². The molecule has 2 heterocycles. The molecule has 1 aromatic rings. The molecule has 0 unspecified atom stereocenters. The third-order valence-electron chi connectivity index (χ3n) is 3.38. The molecule has 2 aliphatic heterocycles. The van der Waals surface area contributed by atoms with Gasteiger partial charge in [0.25, 0.3) is 11.8 Å². The minimum Gasteiger partial charge on any atom is -0.330 e. The standard InChI is InChI=1S/C13H11NO6S/c15-11(5-8-6-21(18,19)7-8)20-14-12(16)9-3-1-2-4-10(9)13(14)17/h1-4,8H,5-7H2. The Morgan fingerprint density at radius 1 is 1.14 bits per heavy atom. The van der Waals surface area contributed by atoms with Gasteiger partial charge >= 0.3 is 5.97 Å². The van der Waals surface area contributed by atoms with Crippen molar-refractivity contribution in [1.82, 2.24) is 5.06 Å². The molecule has 0 N–H and O–H groups in total. The van der Waals surface area contributed by atoms with Crippen molar-refractivity contribution in [3.8, 4) is 0 Å². The number of carbonyl (C=O) groups excluding carboxylic acids is 3. The summed E-state index contributed by atoms with van der Waals surface area (Å²) < 4.78 is 22.0. The molecule has 0 aromatic heterocycles. The number of hydrogen-bond acceptors (Lipinski definition) is 6. The molecule has 0 bridgehead atoms. The van der Waals surface area contributed by atoms with Crippen LogP contribution in [-0.2, 0) is 19.5 Å². The van der Waals surface area contributed by atoms with Gasteiger partial charge in [-0.05, 0) is 18.1 Å². The number of rotatable bonds is 3. The van der Waals surface area contributed by atoms with Gasteiger partial charge < -0.3 is 4.84 Å². The maximum atomic E-state index is 11.9. The first-order chi connectivity index (χ1) is 9.87. The molecule has 0 radical (unpaired) electrons. The largest absolute Gasteiger partial charge is 0.333 e. The summed E-state index contributed by atoms with van der Waals surface area (Å²) in [7, 11) is -3.02. The molecule has 1 saturated heterocycles. The van der Waals surface area contributed by atoms with Crippen LogP contribution in [0.15, 0.2) is 24.3 Å². The second kappa shape index (κ2) is 4.66. The van der Waals surface area contributed by atoms with E-state index >= 15 is 0 Å². The number of hydrogen-bond donors (Lipinski definition) is 0. The van der Waals surface area contributed by atoms with Gasteiger partial charge in [0, 0.05) is 0 Å². The van der Waals surface area contributed by atoms with Crippen LogP contribution in [-0.4, -0.2) is 42.8 Å². The number of fused-ring (bicyclic) bond motifs is 1. The molecule has 110 valence electrons. The Morgan fingerprint density at radius 3 is 2.14 bits per heavy atom. The minimum absolute atomic E-state index is 0.0653. The molecule has 2 aliphatic rings. The van der Waals surface area contributed by atoms with E-state index in [0.29, 0.717) is 5.06 Å². The Morgan fingerprint density at radius 2 is 1.67 bits per heavy atom. The first-order valence-corrected chi connectivity index (χ1v) is 8.08. The topological polar surface area (TPSA) is 97.8 Å². The number of imide groups is 1. The van der Waals surface area contributed by atoms with Crippen LogP contribution in [0.4, 0.5) is 0 Å². The lowest BCUT2D eigenvalue weighted by Gasteiger charge is -2.24. The number of benzene rings is 1. The summed E-state index contributed by atoms with van der Waals surface area (Å²) in [6, 6.07) is 6.16. The van der Waals surface area contributed by atoms with E-state index < -0.39 is 27.6 Å². The van der Waals surface area contributed by atoms with Crippen LogP contribution >= 0.6 is 0 Å². The highest BCUT2D eigenvalue weighted by molar-refractivity contribution is 7.92. The molecular weight excluding hydrogens is 298 g/mol. The van der Waals surface area contributed by atoms with Crippen LogP contribution < -0.4 is 0 Å². The van der Waals surface area contributed by atoms with Crippen molar-refractivity contribution in [1.29, 1.82) is 0 Å². The van der Waals surface area contributed by atoms with Gasteiger partial charge in [0.15, 0.2) is 9.84 Å². The van der Waals surface area contributed by atoms with Gasteiger partial charge in [0.1, 0.15) is 0 Å². The number of nitrogens with zero attached hydrogens (tertiary/aromatic N) is 1. The zero-order chi connectivity index (χ0) is 15.2. The molecule has 0 atom stereocenters. The SMILES string of the molecule is O=C(CC1CS(=O)(=O)C1)ON1C(=O)c2ccccc2C1=O. The summed E-state index contributed by atoms with van der Waals surface area (Å²) in [5, 5.41) is 0.431. The molecule has 2 amide bonds. The van der Waals surface area contributed by atoms with E-state index in [4.69, 9.17) is 4.84 Å². The summed E-state index contributed by atoms with van der Waals surface area (Å²) in [6.07, 6.45) is -0.132. The molecule has 3 rings (SSSR count). The van der Waals surface area contributed by atoms with Crippen molar-refractivity contribution in [2.75, 3.05) is 11.5 Å². The fraction of sp³-hybridized carbons (Fsp3) is 0.308. The zero-order valence-electron chi connectivity index (χ0n) is 10.8. The van der Waals surface area contributed by atoms with Crippen molar-refractivity contribution in [3.05, 3.63) is 35.4 Å². The van der Waals surface area contributed by atoms with E-state index in [9.17, 15) is 22.8 Å². The molecule has 0 saturated carbocycles. The highest BCUT2D eigenvalue weighted by Gasteiger charge is 2.40. The van der Waals surface area contributed by atoms with Gasteiger partial charge in [-0.2, -0.15) is 0 Å². The zero-order valence-corrected chi connectivity index (χ0v) is 11.6. The van der Waals surface area contributed by atoms with Crippen LogP contribution in [0.1, 0.15) is 27.1 Å². The van der Waals surface area contributed by atoms with Crippen LogP contribution in [0.2, 0.25) is 0 Å². The predicted octanol–water partition coefficient (Wildman–Crippen LogP) is 0.175. The first-order valence-electron chi connectivity index (χ1n) is 6.26. The number of carbonyl (C=O) groups is 3. The molecule has 7 nitrogen and oxygen atoms in total. The Kier molecular flexibility index (Phi) is 3.05. The second-order valence-electron chi connectivity index (χ2n) is 5.06. The van der Waals surface area contributed by atoms with E-state index in [1.807, 2.05) is 0 Å². The van der Waals surface area contributed by atoms with Crippen LogP contribution in [0.5, 0.6) is 0 Å². The predicted molar refractivity (Wildman–Crippen MR) is 69.8 cm³/mol. The van der Waals surface area contributed by atoms with Gasteiger partial charge in [-0.25, -0.2) is 13.2 Å². The molecule has 0 aliphatic carbocycles. The van der Waals surface area contributed by atoms with Crippen molar-refractivity contribution < 1.29 is 27.6 Å². The fourth-order valence-corrected chi connectivity index (χ4v) is 3.99. The Hall–Kier alpha value is -2.22. The summed E-state index contributed by atoms with van der Waals surface area (Å²) in [4.78, 5) is 40.4. The quantitative estimate of drug-likeness (QED) is 0.739. The lowest BCUT2D eigenvalue weighted by atomic mass is 10.1. The van der Waals surface area contributed by atoms with E-state index in [1.54, 1.807) is 12.1 Å². The summed E-state index contributed by atoms with van der Waals surface area (Å²) in [5.41, 5.74) is 0.364. The number of amides is 2. The minimum atomic E-state index is -3.02. The fourth-order valence-electron chi connectivity index (χ4n) is 2.41. The average Bonchev–Trinajstić information content (AvgIpc) is 2.63. The van der Waals surface area contributed by atoms with Crippen LogP contribution in [0.25, 0.3) is 0 Å². The second-order valence-corrected chi connectivity index (χ2v) is 7.21. The van der Waals surface area contributed by atoms with Gasteiger partial charge in [0.2, 0.25) is 0 Å². The van der Waals surface area contributed by atoms with Crippen LogP contribution in [0, 0.1) is 5.92 Å². The van der Waals surface area contributed by atoms with Crippen molar-refractivity contribution in [2.24, 2.45) is 5.92 Å². The monoisotopic (exact) mass is 309 g/mol. The highest BCUT2D eigenvalue weighted by atomic mass is 32.2. The highest BCUT2D eigenvalue weighted by Crippen LogP contribution is 2.25. The summed E-state index contributed by atoms with van der Waals surface area (Å²) >= 11 is 0. The van der Waals surface area contributed by atoms with E-state index in [-0.39, 0.29) is 35.0 Å². The third kappa shape index (κ3) is 2.42. The Labute approximate surface area is 120 Å². The normalized spacial score (nSPS) is 20.1. The Bertz CT molecular complexity index is 707. The van der Waals surface area contributed by atoms with Crippen molar-refractivity contribution >= 4 is 27.6 Å². The van der Waals surface area contributed by atoms with E-state index in [2.05, 4.69) is 0 Å². The summed E-state index contributed by atoms with van der Waals surface area (Å²) in [6.45, 7) is 0. The molecule has 8 heteroatoms. The lowest BCUT2D eigenvalue weighted by Crippen LogP contribution is -2.40. The lowest BCUT2D eigenvalue weighted by molar-refractivity contribution is -0.169. The summed E-state index contributed by atoms with van der Waals surface area (Å²) in [5.74, 6) is -2.61. The Balaban J connectivity index is 1.65. The van der Waals surface area contributed by atoms with E-state index in [1.165, 1.54) is 12.1 Å². The maximum Gasteiger partial charge on any atom is 0.333 e. The number of hydroxylamine groups is 2. The third-order valence-corrected chi connectivity index (χ3v) is 5.34. The maximum absolute atomic E-state index is 11.9. The van der Waals surface area contributed by atoms with Gasteiger partial charge in [-0.3, -0.25) is 9.59 Å². The van der Waals surface area contributed by atoms with Crippen molar-refractivity contribution in [3.63, 3.8) is 0 Å². The van der Waals surface area contributed by atoms with Gasteiger partial charge in [-0.1, -0.05) is 17.2 Å². The van der Waals surface area contributed by atoms with Gasteiger partial charge in [-0.15, -0.1) is 0 Å². The molecular formula is C13H11NO6S. The molecule has 21 heavy (non-hydrogen) atoms. The van der Waals surface area contributed by atoms with Crippen molar-refractivity contribution in [2.45, 2.75) is 6.42 Å². The smallest absolute Gasteiger partial charge is 0.330 e. The molecule has 1 aromatic carbocycles. The molecule has 1 fully saturated rings. The van der Waals surface area contributed by atoms with E-state index in [0.717, 1.165) is 0 Å². The number of sulfone groups is 1. The van der Waals surface area contributed by atoms with Crippen LogP contribution in [0.3, 0.4) is 0 Å². The molecule has 0 spiro atoms. The first kappa shape index (κ1) is 13.7. The average molecular weight is 309 g/mol.